The fourth-order valence-corrected chi connectivity index (χ4v) is 6.94. The molecular formula is C36H71N7O3S. The molecule has 3 amide bonds. The van der Waals surface area contributed by atoms with E-state index < -0.39 is 6.04 Å². The van der Waals surface area contributed by atoms with Crippen LogP contribution in [0.1, 0.15) is 142 Å². The summed E-state index contributed by atoms with van der Waals surface area (Å²) in [5.41, 5.74) is 6.41. The van der Waals surface area contributed by atoms with Crippen LogP contribution in [-0.2, 0) is 14.4 Å². The van der Waals surface area contributed by atoms with Crippen molar-refractivity contribution in [3.05, 3.63) is 0 Å². The fourth-order valence-electron chi connectivity index (χ4n) is 6.26. The number of carbonyl (C=O) groups excluding carboxylic acids is 3. The van der Waals surface area contributed by atoms with Crippen LogP contribution in [0, 0.1) is 5.41 Å². The van der Waals surface area contributed by atoms with E-state index in [0.29, 0.717) is 61.9 Å². The summed E-state index contributed by atoms with van der Waals surface area (Å²) in [6.07, 6.45) is 25.9. The smallest absolute Gasteiger partial charge is 0.236 e. The molecule has 1 aliphatic carbocycles. The lowest BCUT2D eigenvalue weighted by Crippen LogP contribution is -2.42. The molecule has 0 spiro atoms. The molecule has 0 radical (unpaired) electrons. The molecule has 1 atom stereocenters. The minimum absolute atomic E-state index is 0.00956. The van der Waals surface area contributed by atoms with E-state index in [-0.39, 0.29) is 17.7 Å². The van der Waals surface area contributed by atoms with Crippen LogP contribution < -0.4 is 32.3 Å². The number of thioether (sulfide) groups is 1. The minimum atomic E-state index is -0.560. The Morgan fingerprint density at radius 2 is 1.28 bits per heavy atom. The monoisotopic (exact) mass is 682 g/mol. The number of guanidine groups is 1. The van der Waals surface area contributed by atoms with Gasteiger partial charge in [0.2, 0.25) is 17.7 Å². The summed E-state index contributed by atoms with van der Waals surface area (Å²) in [4.78, 5) is 40.6. The highest BCUT2D eigenvalue weighted by Gasteiger charge is 2.23. The van der Waals surface area contributed by atoms with Crippen molar-refractivity contribution in [2.75, 3.05) is 51.8 Å². The Morgan fingerprint density at radius 3 is 1.85 bits per heavy atom. The molecule has 1 fully saturated rings. The zero-order valence-electron chi connectivity index (χ0n) is 30.3. The summed E-state index contributed by atoms with van der Waals surface area (Å²) in [5, 5.41) is 14.8. The van der Waals surface area contributed by atoms with Gasteiger partial charge in [0.1, 0.15) is 0 Å². The summed E-state index contributed by atoms with van der Waals surface area (Å²) in [5.74, 6) is 1.32. The quantitative estimate of drug-likeness (QED) is 0.0644. The number of hydrogen-bond donors (Lipinski definition) is 6. The van der Waals surface area contributed by atoms with Crippen LogP contribution in [0.25, 0.3) is 0 Å². The number of nitrogens with two attached hydrogens (primary N) is 1. The third kappa shape index (κ3) is 24.7. The van der Waals surface area contributed by atoms with Gasteiger partial charge in [-0.05, 0) is 43.9 Å². The van der Waals surface area contributed by atoms with E-state index in [1.807, 2.05) is 0 Å². The lowest BCUT2D eigenvalue weighted by Gasteiger charge is -2.30. The summed E-state index contributed by atoms with van der Waals surface area (Å²) in [7, 11) is 3.49. The number of amides is 3. The molecular weight excluding hydrogens is 611 g/mol. The van der Waals surface area contributed by atoms with E-state index in [2.05, 4.69) is 38.5 Å². The Kier molecular flexibility index (Phi) is 26.5. The number of nitrogens with one attached hydrogen (secondary N) is 5. The molecule has 11 heteroatoms. The lowest BCUT2D eigenvalue weighted by molar-refractivity contribution is -0.123. The van der Waals surface area contributed by atoms with Crippen molar-refractivity contribution in [3.63, 3.8) is 0 Å². The second-order valence-corrected chi connectivity index (χ2v) is 14.8. The van der Waals surface area contributed by atoms with Crippen LogP contribution in [0.2, 0.25) is 0 Å². The number of rotatable bonds is 18. The normalized spacial score (nSPS) is 17.7. The first-order chi connectivity index (χ1) is 22.8. The maximum atomic E-state index is 12.3. The highest BCUT2D eigenvalue weighted by molar-refractivity contribution is 7.99. The van der Waals surface area contributed by atoms with Crippen LogP contribution >= 0.6 is 11.8 Å². The lowest BCUT2D eigenvalue weighted by atomic mass is 9.76. The van der Waals surface area contributed by atoms with E-state index in [4.69, 9.17) is 5.73 Å². The molecule has 0 heterocycles. The summed E-state index contributed by atoms with van der Waals surface area (Å²) >= 11 is 1.45. The molecule has 0 aromatic carbocycles. The second kappa shape index (κ2) is 29.0. The van der Waals surface area contributed by atoms with Crippen LogP contribution in [0.3, 0.4) is 0 Å². The predicted molar refractivity (Wildman–Crippen MR) is 200 cm³/mol. The largest absolute Gasteiger partial charge is 0.359 e. The van der Waals surface area contributed by atoms with Gasteiger partial charge >= 0.3 is 0 Å². The molecule has 7 N–H and O–H groups in total. The van der Waals surface area contributed by atoms with Gasteiger partial charge in [0.15, 0.2) is 5.96 Å². The predicted octanol–water partition coefficient (Wildman–Crippen LogP) is 5.40. The Labute approximate surface area is 291 Å². The third-order valence-corrected chi connectivity index (χ3v) is 10.3. The average molecular weight is 682 g/mol. The van der Waals surface area contributed by atoms with E-state index in [1.165, 1.54) is 114 Å². The average Bonchev–Trinajstić information content (AvgIpc) is 3.05. The van der Waals surface area contributed by atoms with Gasteiger partial charge in [-0.15, -0.1) is 0 Å². The first-order valence-electron chi connectivity index (χ1n) is 18.8. The second-order valence-electron chi connectivity index (χ2n) is 13.7. The number of unbranched alkanes of at least 4 members (excludes halogenated alkanes) is 1. The van der Waals surface area contributed by atoms with E-state index >= 15 is 0 Å². The molecule has 10 nitrogen and oxygen atoms in total. The van der Waals surface area contributed by atoms with Gasteiger partial charge in [-0.3, -0.25) is 19.4 Å². The van der Waals surface area contributed by atoms with E-state index in [0.717, 1.165) is 19.3 Å². The summed E-state index contributed by atoms with van der Waals surface area (Å²) in [6.45, 7) is 4.68. The topological polar surface area (TPSA) is 150 Å². The molecule has 0 aromatic heterocycles. The molecule has 0 aromatic rings. The number of carbonyl (C=O) groups is 3. The highest BCUT2D eigenvalue weighted by Crippen LogP contribution is 2.36. The molecule has 1 unspecified atom stereocenters. The van der Waals surface area contributed by atoms with Crippen molar-refractivity contribution in [1.29, 1.82) is 0 Å². The SMILES string of the molecule is C/N=C(/NC)NCCCC(N)C(=O)NCCSCC(=O)NCCC(=O)NCCCCC1(C)CCCCCCCCCCCCCCC1. The van der Waals surface area contributed by atoms with Gasteiger partial charge < -0.3 is 32.3 Å². The van der Waals surface area contributed by atoms with E-state index in [9.17, 15) is 14.4 Å². The molecule has 47 heavy (non-hydrogen) atoms. The number of hydrogen-bond acceptors (Lipinski definition) is 6. The standard InChI is InChI=1S/C36H71N7O3S/c1-36(22-15-13-11-9-7-5-4-6-8-10-12-14-16-23-36)24-17-18-25-40-32(44)21-27-41-33(45)30-47-29-28-42-34(46)31(37)20-19-26-43-35(38-2)39-3/h31H,4-30,37H2,1-3H3,(H,40,44)(H,41,45)(H,42,46)(H2,38,39,43). The summed E-state index contributed by atoms with van der Waals surface area (Å²) in [6, 6.07) is -0.560. The fraction of sp³-hybridized carbons (Fsp3) is 0.889. The Bertz CT molecular complexity index is 842. The Morgan fingerprint density at radius 1 is 0.723 bits per heavy atom. The van der Waals surface area contributed by atoms with Gasteiger partial charge in [0, 0.05) is 52.4 Å². The third-order valence-electron chi connectivity index (χ3n) is 9.32. The van der Waals surface area contributed by atoms with Crippen molar-refractivity contribution in [1.82, 2.24) is 26.6 Å². The van der Waals surface area contributed by atoms with Gasteiger partial charge in [0.05, 0.1) is 11.8 Å². The molecule has 0 aliphatic heterocycles. The first kappa shape index (κ1) is 43.0. The van der Waals surface area contributed by atoms with Crippen molar-refractivity contribution in [2.24, 2.45) is 16.1 Å². The van der Waals surface area contributed by atoms with Crippen molar-refractivity contribution in [2.45, 2.75) is 148 Å². The molecule has 1 aliphatic rings. The van der Waals surface area contributed by atoms with Crippen molar-refractivity contribution < 1.29 is 14.4 Å². The zero-order chi connectivity index (χ0) is 34.4. The first-order valence-corrected chi connectivity index (χ1v) is 20.0. The number of nitrogens with zero attached hydrogens (tertiary/aromatic N) is 1. The maximum Gasteiger partial charge on any atom is 0.236 e. The van der Waals surface area contributed by atoms with Crippen LogP contribution in [0.5, 0.6) is 0 Å². The van der Waals surface area contributed by atoms with Gasteiger partial charge in [-0.1, -0.05) is 96.8 Å². The van der Waals surface area contributed by atoms with Crippen LogP contribution in [-0.4, -0.2) is 81.5 Å². The van der Waals surface area contributed by atoms with Gasteiger partial charge in [-0.2, -0.15) is 11.8 Å². The van der Waals surface area contributed by atoms with Crippen molar-refractivity contribution >= 4 is 35.4 Å². The van der Waals surface area contributed by atoms with E-state index in [1.54, 1.807) is 14.1 Å². The Hall–Kier alpha value is -2.01. The molecule has 0 bridgehead atoms. The van der Waals surface area contributed by atoms with Crippen molar-refractivity contribution in [3.8, 4) is 0 Å². The van der Waals surface area contributed by atoms with Gasteiger partial charge in [0.25, 0.3) is 0 Å². The maximum absolute atomic E-state index is 12.3. The van der Waals surface area contributed by atoms with Crippen LogP contribution in [0.4, 0.5) is 0 Å². The molecule has 274 valence electrons. The minimum Gasteiger partial charge on any atom is -0.359 e. The van der Waals surface area contributed by atoms with Gasteiger partial charge in [-0.25, -0.2) is 0 Å². The number of aliphatic imine (C=N–C) groups is 1. The molecule has 0 saturated heterocycles. The Balaban J connectivity index is 2.10. The zero-order valence-corrected chi connectivity index (χ0v) is 31.1. The summed E-state index contributed by atoms with van der Waals surface area (Å²) < 4.78 is 0. The highest BCUT2D eigenvalue weighted by atomic mass is 32.2. The van der Waals surface area contributed by atoms with Crippen LogP contribution in [0.15, 0.2) is 4.99 Å². The molecule has 1 rings (SSSR count). The molecule has 1 saturated carbocycles.